The zero-order valence-corrected chi connectivity index (χ0v) is 16.3. The zero-order chi connectivity index (χ0) is 19.3. The summed E-state index contributed by atoms with van der Waals surface area (Å²) in [6.07, 6.45) is 0.729. The minimum absolute atomic E-state index is 0.0248. The normalized spacial score (nSPS) is 12.1. The lowest BCUT2D eigenvalue weighted by Crippen LogP contribution is -2.39. The Morgan fingerprint density at radius 2 is 2.04 bits per heavy atom. The Bertz CT molecular complexity index is 769. The van der Waals surface area contributed by atoms with Crippen LogP contribution in [0, 0.1) is 13.8 Å². The van der Waals surface area contributed by atoms with E-state index >= 15 is 0 Å². The van der Waals surface area contributed by atoms with Gasteiger partial charge in [-0.2, -0.15) is 0 Å². The molecular weight excluding hydrogens is 354 g/mol. The molecule has 0 saturated heterocycles. The number of hydrogen-bond donors (Lipinski definition) is 1. The van der Waals surface area contributed by atoms with Gasteiger partial charge in [-0.25, -0.2) is 9.78 Å². The van der Waals surface area contributed by atoms with E-state index in [0.717, 1.165) is 17.0 Å². The molecule has 7 nitrogen and oxygen atoms in total. The maximum atomic E-state index is 12.5. The summed E-state index contributed by atoms with van der Waals surface area (Å²) in [5.74, 6) is 0.406. The van der Waals surface area contributed by atoms with Crippen LogP contribution in [-0.4, -0.2) is 34.2 Å². The number of rotatable bonds is 7. The fraction of sp³-hybridized carbons (Fsp3) is 0.444. The Balaban J connectivity index is 2.08. The number of thioether (sulfide) groups is 1. The molecule has 26 heavy (non-hydrogen) atoms. The van der Waals surface area contributed by atoms with E-state index in [1.165, 1.54) is 11.8 Å². The van der Waals surface area contributed by atoms with Gasteiger partial charge in [0.2, 0.25) is 0 Å². The number of amides is 1. The lowest BCUT2D eigenvalue weighted by atomic mass is 10.2. The van der Waals surface area contributed by atoms with E-state index in [0.29, 0.717) is 16.3 Å². The molecule has 8 heteroatoms. The number of hydrogen-bond acceptors (Lipinski definition) is 7. The molecule has 1 N–H and O–H groups in total. The smallest absolute Gasteiger partial charge is 0.341 e. The molecule has 0 spiro atoms. The van der Waals surface area contributed by atoms with Crippen LogP contribution < -0.4 is 5.32 Å². The summed E-state index contributed by atoms with van der Waals surface area (Å²) in [7, 11) is 0. The van der Waals surface area contributed by atoms with Gasteiger partial charge in [0, 0.05) is 23.6 Å². The Kier molecular flexibility index (Phi) is 6.79. The van der Waals surface area contributed by atoms with Crippen molar-refractivity contribution in [1.29, 1.82) is 0 Å². The fourth-order valence-electron chi connectivity index (χ4n) is 2.19. The molecule has 2 aromatic rings. The fourth-order valence-corrected chi connectivity index (χ4v) is 3.32. The summed E-state index contributed by atoms with van der Waals surface area (Å²) in [6.45, 7) is 8.95. The second kappa shape index (κ2) is 8.84. The Morgan fingerprint density at radius 3 is 2.65 bits per heavy atom. The van der Waals surface area contributed by atoms with Gasteiger partial charge in [-0.3, -0.25) is 4.79 Å². The number of esters is 1. The van der Waals surface area contributed by atoms with E-state index in [2.05, 4.69) is 15.5 Å². The van der Waals surface area contributed by atoms with E-state index in [9.17, 15) is 9.59 Å². The quantitative estimate of drug-likeness (QED) is 0.585. The van der Waals surface area contributed by atoms with Gasteiger partial charge >= 0.3 is 5.97 Å². The topological polar surface area (TPSA) is 94.3 Å². The predicted molar refractivity (Wildman–Crippen MR) is 97.9 cm³/mol. The summed E-state index contributed by atoms with van der Waals surface area (Å²) in [5, 5.41) is 7.18. The lowest BCUT2D eigenvalue weighted by Gasteiger charge is -2.16. The van der Waals surface area contributed by atoms with Crippen LogP contribution in [0.2, 0.25) is 0 Å². The van der Waals surface area contributed by atoms with Crippen LogP contribution in [0.25, 0.3) is 0 Å². The molecule has 0 radical (unpaired) electrons. The number of nitrogens with one attached hydrogen (secondary N) is 1. The number of carbonyl (C=O) groups is 2. The highest BCUT2D eigenvalue weighted by Crippen LogP contribution is 2.27. The number of carbonyl (C=O) groups excluding carboxylic acids is 2. The summed E-state index contributed by atoms with van der Waals surface area (Å²) in [4.78, 5) is 28.7. The largest absolute Gasteiger partial charge is 0.449 e. The summed E-state index contributed by atoms with van der Waals surface area (Å²) < 4.78 is 10.4. The van der Waals surface area contributed by atoms with Crippen LogP contribution in [0.1, 0.15) is 48.1 Å². The maximum Gasteiger partial charge on any atom is 0.341 e. The van der Waals surface area contributed by atoms with Gasteiger partial charge in [-0.1, -0.05) is 5.16 Å². The molecule has 140 valence electrons. The first-order valence-electron chi connectivity index (χ1n) is 8.30. The zero-order valence-electron chi connectivity index (χ0n) is 15.5. The van der Waals surface area contributed by atoms with E-state index < -0.39 is 12.1 Å². The van der Waals surface area contributed by atoms with Crippen molar-refractivity contribution in [3.05, 3.63) is 40.9 Å². The van der Waals surface area contributed by atoms with Gasteiger partial charge in [0.15, 0.2) is 6.10 Å². The molecule has 0 fully saturated rings. The van der Waals surface area contributed by atoms with Crippen molar-refractivity contribution in [3.8, 4) is 0 Å². The van der Waals surface area contributed by atoms with E-state index in [4.69, 9.17) is 9.26 Å². The molecule has 0 saturated carbocycles. The van der Waals surface area contributed by atoms with E-state index in [1.54, 1.807) is 25.3 Å². The van der Waals surface area contributed by atoms with Crippen LogP contribution >= 0.6 is 11.8 Å². The van der Waals surface area contributed by atoms with Crippen molar-refractivity contribution < 1.29 is 18.8 Å². The standard InChI is InChI=1S/C18H23N3O4S/c1-10(2)20-16(22)13(5)24-18(23)14-7-6-8-19-17(14)26-9-15-11(3)21-25-12(15)4/h6-8,10,13H,9H2,1-5H3,(H,20,22). The first-order chi connectivity index (χ1) is 12.3. The molecular formula is C18H23N3O4S. The Morgan fingerprint density at radius 1 is 1.31 bits per heavy atom. The molecule has 0 aliphatic carbocycles. The SMILES string of the molecule is Cc1noc(C)c1CSc1ncccc1C(=O)OC(C)C(=O)NC(C)C. The highest BCUT2D eigenvalue weighted by atomic mass is 32.2. The minimum Gasteiger partial charge on any atom is -0.449 e. The molecule has 0 aliphatic rings. The van der Waals surface area contributed by atoms with Gasteiger partial charge in [0.05, 0.1) is 11.3 Å². The van der Waals surface area contributed by atoms with Crippen molar-refractivity contribution in [3.63, 3.8) is 0 Å². The monoisotopic (exact) mass is 377 g/mol. The molecule has 1 unspecified atom stereocenters. The van der Waals surface area contributed by atoms with Crippen molar-refractivity contribution >= 4 is 23.6 Å². The van der Waals surface area contributed by atoms with Crippen LogP contribution in [0.15, 0.2) is 27.9 Å². The van der Waals surface area contributed by atoms with Gasteiger partial charge in [-0.15, -0.1) is 11.8 Å². The Labute approximate surface area is 156 Å². The van der Waals surface area contributed by atoms with Crippen molar-refractivity contribution in [2.45, 2.75) is 57.5 Å². The third kappa shape index (κ3) is 5.08. The van der Waals surface area contributed by atoms with Gasteiger partial charge in [0.1, 0.15) is 10.8 Å². The average Bonchev–Trinajstić information content (AvgIpc) is 2.90. The van der Waals surface area contributed by atoms with E-state index in [-0.39, 0.29) is 11.9 Å². The summed E-state index contributed by atoms with van der Waals surface area (Å²) >= 11 is 1.40. The molecule has 2 heterocycles. The molecule has 2 aromatic heterocycles. The molecule has 0 aromatic carbocycles. The Hall–Kier alpha value is -2.35. The summed E-state index contributed by atoms with van der Waals surface area (Å²) in [5.41, 5.74) is 2.12. The second-order valence-corrected chi connectivity index (χ2v) is 7.12. The molecule has 0 aliphatic heterocycles. The molecule has 2 rings (SSSR count). The third-order valence-electron chi connectivity index (χ3n) is 3.61. The maximum absolute atomic E-state index is 12.5. The number of aromatic nitrogens is 2. The van der Waals surface area contributed by atoms with Crippen LogP contribution in [0.5, 0.6) is 0 Å². The molecule has 0 bridgehead atoms. The number of nitrogens with zero attached hydrogens (tertiary/aromatic N) is 2. The first-order valence-corrected chi connectivity index (χ1v) is 9.29. The van der Waals surface area contributed by atoms with Crippen molar-refractivity contribution in [2.24, 2.45) is 0 Å². The predicted octanol–water partition coefficient (Wildman–Crippen LogP) is 3.05. The third-order valence-corrected chi connectivity index (χ3v) is 4.64. The van der Waals surface area contributed by atoms with Crippen LogP contribution in [0.4, 0.5) is 0 Å². The highest BCUT2D eigenvalue weighted by Gasteiger charge is 2.22. The summed E-state index contributed by atoms with van der Waals surface area (Å²) in [6, 6.07) is 3.27. The first kappa shape index (κ1) is 20.0. The van der Waals surface area contributed by atoms with E-state index in [1.807, 2.05) is 27.7 Å². The van der Waals surface area contributed by atoms with Crippen molar-refractivity contribution in [2.75, 3.05) is 0 Å². The van der Waals surface area contributed by atoms with Crippen LogP contribution in [-0.2, 0) is 15.3 Å². The van der Waals surface area contributed by atoms with Crippen LogP contribution in [0.3, 0.4) is 0 Å². The number of pyridine rings is 1. The lowest BCUT2D eigenvalue weighted by molar-refractivity contribution is -0.129. The van der Waals surface area contributed by atoms with Gasteiger partial charge in [-0.05, 0) is 46.8 Å². The number of aryl methyl sites for hydroxylation is 2. The van der Waals surface area contributed by atoms with Crippen molar-refractivity contribution in [1.82, 2.24) is 15.5 Å². The second-order valence-electron chi connectivity index (χ2n) is 6.16. The minimum atomic E-state index is -0.884. The van der Waals surface area contributed by atoms with Gasteiger partial charge < -0.3 is 14.6 Å². The average molecular weight is 377 g/mol. The number of ether oxygens (including phenoxy) is 1. The molecule has 1 amide bonds. The highest BCUT2D eigenvalue weighted by molar-refractivity contribution is 7.98. The molecule has 1 atom stereocenters. The van der Waals surface area contributed by atoms with Gasteiger partial charge in [0.25, 0.3) is 5.91 Å².